The maximum atomic E-state index is 13.6. The molecule has 2 amide bonds. The number of methoxy groups -OCH3 is 1. The van der Waals surface area contributed by atoms with Crippen LogP contribution >= 0.6 is 11.3 Å². The van der Waals surface area contributed by atoms with Crippen molar-refractivity contribution in [3.05, 3.63) is 62.5 Å². The number of carbonyl (C=O) groups is 2. The number of nitrogens with zero attached hydrogens (tertiary/aromatic N) is 3. The van der Waals surface area contributed by atoms with E-state index in [-0.39, 0.29) is 31.9 Å². The maximum absolute atomic E-state index is 13.6. The number of anilines is 1. The van der Waals surface area contributed by atoms with E-state index in [1.54, 1.807) is 0 Å². The minimum atomic E-state index is -4.88. The zero-order valence-corrected chi connectivity index (χ0v) is 18.6. The van der Waals surface area contributed by atoms with Gasteiger partial charge in [0.15, 0.2) is 0 Å². The Labute approximate surface area is 201 Å². The minimum Gasteiger partial charge on any atom is -0.475 e. The van der Waals surface area contributed by atoms with Gasteiger partial charge in [0.1, 0.15) is 21.2 Å². The van der Waals surface area contributed by atoms with Gasteiger partial charge in [-0.15, -0.1) is 16.4 Å². The highest BCUT2D eigenvalue weighted by Gasteiger charge is 2.36. The Morgan fingerprint density at radius 1 is 1.25 bits per heavy atom. The van der Waals surface area contributed by atoms with E-state index < -0.39 is 51.7 Å². The van der Waals surface area contributed by atoms with E-state index in [4.69, 9.17) is 10.5 Å². The number of amides is 2. The molecule has 16 heteroatoms. The molecule has 0 saturated carbocycles. The lowest BCUT2D eigenvalue weighted by atomic mass is 10.0. The van der Waals surface area contributed by atoms with Crippen LogP contribution in [-0.4, -0.2) is 39.0 Å². The van der Waals surface area contributed by atoms with E-state index in [1.807, 2.05) is 0 Å². The zero-order chi connectivity index (χ0) is 26.4. The Balaban J connectivity index is 1.97. The lowest BCUT2D eigenvalue weighted by Crippen LogP contribution is -2.18. The fourth-order valence-electron chi connectivity index (χ4n) is 3.36. The lowest BCUT2D eigenvalue weighted by Gasteiger charge is -2.12. The summed E-state index contributed by atoms with van der Waals surface area (Å²) in [7, 11) is 1.08. The number of fused-ring (bicyclic) bond motifs is 1. The van der Waals surface area contributed by atoms with Gasteiger partial charge in [0.2, 0.25) is 5.69 Å². The van der Waals surface area contributed by atoms with Crippen molar-refractivity contribution >= 4 is 44.7 Å². The molecule has 4 rings (SSSR count). The van der Waals surface area contributed by atoms with Crippen molar-refractivity contribution in [3.63, 3.8) is 0 Å². The summed E-state index contributed by atoms with van der Waals surface area (Å²) in [5.74, 6) is -3.43. The van der Waals surface area contributed by atoms with Crippen LogP contribution in [0.2, 0.25) is 0 Å². The van der Waals surface area contributed by atoms with Crippen LogP contribution in [0.25, 0.3) is 21.3 Å². The van der Waals surface area contributed by atoms with E-state index in [1.165, 1.54) is 12.1 Å². The molecular weight excluding hydrogens is 512 g/mol. The second-order valence-electron chi connectivity index (χ2n) is 7.08. The number of primary amides is 1. The van der Waals surface area contributed by atoms with Crippen molar-refractivity contribution in [2.45, 2.75) is 6.18 Å². The van der Waals surface area contributed by atoms with Crippen molar-refractivity contribution in [1.82, 2.24) is 15.2 Å². The number of ether oxygens (including phenoxy) is 1. The summed E-state index contributed by atoms with van der Waals surface area (Å²) in [6, 6.07) is 5.08. The number of thiophene rings is 1. The van der Waals surface area contributed by atoms with Gasteiger partial charge in [0, 0.05) is 5.39 Å². The number of nitrogens with one attached hydrogen (secondary N) is 2. The lowest BCUT2D eigenvalue weighted by molar-refractivity contribution is -0.386. The van der Waals surface area contributed by atoms with E-state index in [0.29, 0.717) is 17.4 Å². The maximum Gasteiger partial charge on any atom is 0.433 e. The van der Waals surface area contributed by atoms with Crippen LogP contribution < -0.4 is 15.8 Å². The van der Waals surface area contributed by atoms with Crippen molar-refractivity contribution in [3.8, 4) is 17.0 Å². The normalized spacial score (nSPS) is 11.5. The largest absolute Gasteiger partial charge is 0.475 e. The molecule has 3 heterocycles. The molecule has 0 aliphatic rings. The van der Waals surface area contributed by atoms with Gasteiger partial charge in [-0.05, 0) is 29.3 Å². The van der Waals surface area contributed by atoms with Gasteiger partial charge in [0.05, 0.1) is 17.7 Å². The summed E-state index contributed by atoms with van der Waals surface area (Å²) in [4.78, 5) is 38.5. The first kappa shape index (κ1) is 24.5. The molecule has 1 aromatic carbocycles. The highest BCUT2D eigenvalue weighted by Crippen LogP contribution is 2.44. The van der Waals surface area contributed by atoms with Gasteiger partial charge in [-0.25, -0.2) is 9.37 Å². The summed E-state index contributed by atoms with van der Waals surface area (Å²) in [5.41, 5.74) is 2.24. The smallest absolute Gasteiger partial charge is 0.433 e. The number of rotatable bonds is 6. The number of nitro groups is 1. The fourth-order valence-corrected chi connectivity index (χ4v) is 4.37. The van der Waals surface area contributed by atoms with Crippen LogP contribution in [0.1, 0.15) is 25.9 Å². The van der Waals surface area contributed by atoms with Crippen LogP contribution in [0.15, 0.2) is 30.3 Å². The predicted octanol–water partition coefficient (Wildman–Crippen LogP) is 4.11. The van der Waals surface area contributed by atoms with Crippen LogP contribution in [0.5, 0.6) is 5.88 Å². The SMILES string of the molecule is COc1n[nH]c(C(=O)Nc2c(C(N)=O)sc3nc(C(F)(F)F)cc(-c4ccc(F)cc4)c23)c1[N+](=O)[O-]. The summed E-state index contributed by atoms with van der Waals surface area (Å²) in [6.45, 7) is 0. The quantitative estimate of drug-likeness (QED) is 0.194. The number of pyridine rings is 1. The molecule has 0 aliphatic carbocycles. The Morgan fingerprint density at radius 3 is 2.47 bits per heavy atom. The Bertz CT molecular complexity index is 1530. The first-order chi connectivity index (χ1) is 16.9. The minimum absolute atomic E-state index is 0.104. The third-order valence-electron chi connectivity index (χ3n) is 4.88. The second-order valence-corrected chi connectivity index (χ2v) is 8.08. The Kier molecular flexibility index (Phi) is 6.05. The molecular formula is C20H12F4N6O5S. The molecule has 0 fully saturated rings. The number of benzene rings is 1. The van der Waals surface area contributed by atoms with E-state index in [2.05, 4.69) is 20.5 Å². The molecule has 0 spiro atoms. The highest BCUT2D eigenvalue weighted by atomic mass is 32.1. The molecule has 11 nitrogen and oxygen atoms in total. The Morgan fingerprint density at radius 2 is 1.92 bits per heavy atom. The molecule has 0 radical (unpaired) electrons. The van der Waals surface area contributed by atoms with E-state index in [9.17, 15) is 37.3 Å². The van der Waals surface area contributed by atoms with Gasteiger partial charge >= 0.3 is 17.7 Å². The predicted molar refractivity (Wildman–Crippen MR) is 118 cm³/mol. The third kappa shape index (κ3) is 4.28. The topological polar surface area (TPSA) is 166 Å². The van der Waals surface area contributed by atoms with Crippen LogP contribution in [0.3, 0.4) is 0 Å². The van der Waals surface area contributed by atoms with Gasteiger partial charge in [-0.3, -0.25) is 24.8 Å². The number of halogens is 4. The van der Waals surface area contributed by atoms with Crippen molar-refractivity contribution in [1.29, 1.82) is 0 Å². The van der Waals surface area contributed by atoms with Crippen molar-refractivity contribution in [2.75, 3.05) is 12.4 Å². The molecule has 4 N–H and O–H groups in total. The standard InChI is InChI=1S/C20H12F4N6O5S/c1-35-18-14(30(33)34)13(28-29-18)17(32)27-12-11-9(7-2-4-8(21)5-3-7)6-10(20(22,23)24)26-19(11)36-15(12)16(25)31/h2-6H,1H3,(H2,25,31)(H,27,32)(H,28,29). The number of hydrogen-bond acceptors (Lipinski definition) is 8. The molecule has 0 unspecified atom stereocenters. The summed E-state index contributed by atoms with van der Waals surface area (Å²) >= 11 is 0.473. The molecule has 36 heavy (non-hydrogen) atoms. The average molecular weight is 524 g/mol. The number of hydrogen-bond donors (Lipinski definition) is 3. The molecule has 3 aromatic heterocycles. The summed E-state index contributed by atoms with van der Waals surface area (Å²) in [5, 5.41) is 19.3. The van der Waals surface area contributed by atoms with Gasteiger partial charge in [0.25, 0.3) is 11.8 Å². The average Bonchev–Trinajstić information content (AvgIpc) is 3.40. The van der Waals surface area contributed by atoms with Gasteiger partial charge < -0.3 is 15.8 Å². The molecule has 0 bridgehead atoms. The molecule has 0 saturated heterocycles. The van der Waals surface area contributed by atoms with Crippen molar-refractivity contribution < 1.29 is 36.8 Å². The second kappa shape index (κ2) is 8.88. The highest BCUT2D eigenvalue weighted by molar-refractivity contribution is 7.21. The monoisotopic (exact) mass is 524 g/mol. The van der Waals surface area contributed by atoms with Crippen LogP contribution in [0, 0.1) is 15.9 Å². The number of aromatic nitrogens is 3. The third-order valence-corrected chi connectivity index (χ3v) is 5.98. The first-order valence-electron chi connectivity index (χ1n) is 9.61. The number of carbonyl (C=O) groups excluding carboxylic acids is 2. The number of alkyl halides is 3. The van der Waals surface area contributed by atoms with Crippen LogP contribution in [-0.2, 0) is 6.18 Å². The van der Waals surface area contributed by atoms with Gasteiger partial charge in [-0.2, -0.15) is 13.2 Å². The number of nitrogens with two attached hydrogens (primary N) is 1. The van der Waals surface area contributed by atoms with Gasteiger partial charge in [-0.1, -0.05) is 12.1 Å². The Hall–Kier alpha value is -4.60. The van der Waals surface area contributed by atoms with E-state index >= 15 is 0 Å². The number of H-pyrrole nitrogens is 1. The van der Waals surface area contributed by atoms with E-state index in [0.717, 1.165) is 19.2 Å². The summed E-state index contributed by atoms with van der Waals surface area (Å²) in [6.07, 6.45) is -4.88. The van der Waals surface area contributed by atoms with Crippen molar-refractivity contribution in [2.24, 2.45) is 5.73 Å². The zero-order valence-electron chi connectivity index (χ0n) is 17.8. The first-order valence-corrected chi connectivity index (χ1v) is 10.4. The fraction of sp³-hybridized carbons (Fsp3) is 0.100. The molecule has 0 atom stereocenters. The number of aromatic amines is 1. The summed E-state index contributed by atoms with van der Waals surface area (Å²) < 4.78 is 58.9. The molecule has 186 valence electrons. The molecule has 0 aliphatic heterocycles. The molecule has 4 aromatic rings. The van der Waals surface area contributed by atoms with Crippen LogP contribution in [0.4, 0.5) is 28.9 Å².